The molecule has 0 saturated heterocycles. The maximum Gasteiger partial charge on any atom is 0.320 e. The lowest BCUT2D eigenvalue weighted by Crippen LogP contribution is -2.29. The van der Waals surface area contributed by atoms with E-state index in [1.165, 1.54) is 18.3 Å². The summed E-state index contributed by atoms with van der Waals surface area (Å²) in [6.07, 6.45) is 1.36. The molecule has 3 rings (SSSR count). The lowest BCUT2D eigenvalue weighted by Gasteiger charge is -2.03. The molecule has 1 heterocycles. The Balaban J connectivity index is 1.72. The van der Waals surface area contributed by atoms with E-state index in [9.17, 15) is 14.0 Å². The van der Waals surface area contributed by atoms with Crippen molar-refractivity contribution < 1.29 is 9.18 Å². The normalized spacial score (nSPS) is 11.0. The molecule has 0 aliphatic rings. The molecule has 3 aromatic rings. The number of carbonyl (C=O) groups excluding carboxylic acids is 1. The molecule has 1 aromatic heterocycles. The van der Waals surface area contributed by atoms with Crippen molar-refractivity contribution in [3.8, 4) is 0 Å². The van der Waals surface area contributed by atoms with Gasteiger partial charge in [-0.3, -0.25) is 9.59 Å². The maximum atomic E-state index is 13.6. The summed E-state index contributed by atoms with van der Waals surface area (Å²) in [6, 6.07) is 12.9. The van der Waals surface area contributed by atoms with Gasteiger partial charge in [0.05, 0.1) is 6.21 Å². The Labute approximate surface area is 152 Å². The first-order valence-corrected chi connectivity index (χ1v) is 7.92. The summed E-state index contributed by atoms with van der Waals surface area (Å²) >= 11 is 6.00. The largest absolute Gasteiger partial charge is 0.346 e. The number of carbonyl (C=O) groups is 1. The zero-order valence-electron chi connectivity index (χ0n) is 13.3. The van der Waals surface area contributed by atoms with Crippen molar-refractivity contribution in [2.45, 2.75) is 6.54 Å². The fourth-order valence-electron chi connectivity index (χ4n) is 2.12. The van der Waals surface area contributed by atoms with Gasteiger partial charge in [-0.05, 0) is 12.1 Å². The zero-order chi connectivity index (χ0) is 18.5. The first kappa shape index (κ1) is 17.6. The van der Waals surface area contributed by atoms with Crippen LogP contribution in [0.2, 0.25) is 5.02 Å². The summed E-state index contributed by atoms with van der Waals surface area (Å²) in [5.74, 6) is -1.18. The van der Waals surface area contributed by atoms with E-state index in [1.807, 2.05) is 0 Å². The van der Waals surface area contributed by atoms with E-state index in [0.29, 0.717) is 16.1 Å². The van der Waals surface area contributed by atoms with Gasteiger partial charge in [0.1, 0.15) is 5.82 Å². The number of hydrogen-bond acceptors (Lipinski definition) is 4. The Morgan fingerprint density at radius 1 is 1.27 bits per heavy atom. The molecule has 0 unspecified atom stereocenters. The summed E-state index contributed by atoms with van der Waals surface area (Å²) in [6.45, 7) is -0.0688. The first-order chi connectivity index (χ1) is 12.6. The van der Waals surface area contributed by atoms with Crippen LogP contribution in [0.1, 0.15) is 21.6 Å². The van der Waals surface area contributed by atoms with Crippen LogP contribution in [0.4, 0.5) is 4.39 Å². The Bertz CT molecular complexity index is 1030. The number of benzene rings is 2. The summed E-state index contributed by atoms with van der Waals surface area (Å²) in [7, 11) is 0. The SMILES string of the molecule is O=C(NCc1ccccc1F)c1n[nH]n(N=Cc2ccccc2Cl)c1=O. The van der Waals surface area contributed by atoms with Gasteiger partial charge in [-0.25, -0.2) is 4.39 Å². The molecule has 0 atom stereocenters. The highest BCUT2D eigenvalue weighted by Gasteiger charge is 2.16. The van der Waals surface area contributed by atoms with Crippen LogP contribution >= 0.6 is 11.6 Å². The summed E-state index contributed by atoms with van der Waals surface area (Å²) < 4.78 is 13.6. The molecular formula is C17H13ClFN5O2. The molecule has 0 aliphatic carbocycles. The molecule has 9 heteroatoms. The second-order valence-electron chi connectivity index (χ2n) is 5.22. The second kappa shape index (κ2) is 7.75. The number of hydrogen-bond donors (Lipinski definition) is 2. The van der Waals surface area contributed by atoms with Gasteiger partial charge < -0.3 is 5.32 Å². The smallest absolute Gasteiger partial charge is 0.320 e. The van der Waals surface area contributed by atoms with E-state index >= 15 is 0 Å². The Morgan fingerprint density at radius 2 is 2.00 bits per heavy atom. The van der Waals surface area contributed by atoms with E-state index in [2.05, 4.69) is 20.7 Å². The Kier molecular flexibility index (Phi) is 5.23. The van der Waals surface area contributed by atoms with E-state index in [1.54, 1.807) is 36.4 Å². The zero-order valence-corrected chi connectivity index (χ0v) is 14.1. The van der Waals surface area contributed by atoms with Crippen molar-refractivity contribution >= 4 is 23.7 Å². The third-order valence-electron chi connectivity index (χ3n) is 3.48. The van der Waals surface area contributed by atoms with E-state index in [-0.39, 0.29) is 12.2 Å². The molecule has 0 spiro atoms. The minimum Gasteiger partial charge on any atom is -0.346 e. The molecule has 0 fully saturated rings. The first-order valence-electron chi connectivity index (χ1n) is 7.54. The van der Waals surface area contributed by atoms with Gasteiger partial charge in [0.25, 0.3) is 5.91 Å². The highest BCUT2D eigenvalue weighted by atomic mass is 35.5. The third-order valence-corrected chi connectivity index (χ3v) is 3.83. The molecular weight excluding hydrogens is 361 g/mol. The van der Waals surface area contributed by atoms with Gasteiger partial charge in [-0.1, -0.05) is 48.0 Å². The fraction of sp³-hybridized carbons (Fsp3) is 0.0588. The van der Waals surface area contributed by atoms with Crippen LogP contribution in [0.5, 0.6) is 0 Å². The second-order valence-corrected chi connectivity index (χ2v) is 5.62. The molecule has 2 N–H and O–H groups in total. The molecule has 0 radical (unpaired) electrons. The van der Waals surface area contributed by atoms with Gasteiger partial charge in [0, 0.05) is 22.7 Å². The standard InChI is InChI=1S/C17H13ClFN5O2/c18-13-7-3-1-5-11(13)10-21-24-17(26)15(22-23-24)16(25)20-9-12-6-2-4-8-14(12)19/h1-8,10,23H,9H2,(H,20,25). The van der Waals surface area contributed by atoms with Gasteiger partial charge >= 0.3 is 5.56 Å². The number of H-pyrrole nitrogens is 1. The van der Waals surface area contributed by atoms with Gasteiger partial charge in [0.2, 0.25) is 5.69 Å². The minimum absolute atomic E-state index is 0.0688. The molecule has 2 aromatic carbocycles. The number of aromatic amines is 1. The predicted molar refractivity (Wildman–Crippen MR) is 94.9 cm³/mol. The molecule has 1 amide bonds. The fourth-order valence-corrected chi connectivity index (χ4v) is 2.30. The number of amides is 1. The Hall–Kier alpha value is -3.26. The van der Waals surface area contributed by atoms with Crippen molar-refractivity contribution in [1.82, 2.24) is 20.4 Å². The van der Waals surface area contributed by atoms with Crippen LogP contribution in [0, 0.1) is 5.82 Å². The molecule has 132 valence electrons. The number of nitrogens with one attached hydrogen (secondary N) is 2. The third kappa shape index (κ3) is 3.86. The highest BCUT2D eigenvalue weighted by Crippen LogP contribution is 2.12. The van der Waals surface area contributed by atoms with Crippen LogP contribution in [0.3, 0.4) is 0 Å². The molecule has 0 bridgehead atoms. The number of aromatic nitrogens is 3. The summed E-state index contributed by atoms with van der Waals surface area (Å²) in [5.41, 5.74) is -0.216. The predicted octanol–water partition coefficient (Wildman–Crippen LogP) is 2.18. The van der Waals surface area contributed by atoms with Crippen LogP contribution in [-0.4, -0.2) is 27.2 Å². The van der Waals surface area contributed by atoms with Crippen molar-refractivity contribution in [2.24, 2.45) is 5.10 Å². The van der Waals surface area contributed by atoms with Gasteiger partial charge in [-0.2, -0.15) is 10.3 Å². The number of nitrogens with zero attached hydrogens (tertiary/aromatic N) is 3. The number of halogens is 2. The van der Waals surface area contributed by atoms with Crippen LogP contribution in [0.25, 0.3) is 0 Å². The Morgan fingerprint density at radius 3 is 2.77 bits per heavy atom. The average molecular weight is 374 g/mol. The molecule has 0 saturated carbocycles. The van der Waals surface area contributed by atoms with Gasteiger partial charge in [0.15, 0.2) is 0 Å². The van der Waals surface area contributed by atoms with Crippen molar-refractivity contribution in [3.63, 3.8) is 0 Å². The van der Waals surface area contributed by atoms with Crippen molar-refractivity contribution in [1.29, 1.82) is 0 Å². The van der Waals surface area contributed by atoms with Crippen molar-refractivity contribution in [3.05, 3.63) is 86.5 Å². The molecule has 7 nitrogen and oxygen atoms in total. The maximum absolute atomic E-state index is 13.6. The van der Waals surface area contributed by atoms with Crippen LogP contribution in [0.15, 0.2) is 58.4 Å². The monoisotopic (exact) mass is 373 g/mol. The van der Waals surface area contributed by atoms with E-state index in [4.69, 9.17) is 11.6 Å². The van der Waals surface area contributed by atoms with Gasteiger partial charge in [-0.15, -0.1) is 9.89 Å². The van der Waals surface area contributed by atoms with Crippen LogP contribution < -0.4 is 10.9 Å². The topological polar surface area (TPSA) is 92.1 Å². The van der Waals surface area contributed by atoms with Crippen LogP contribution in [-0.2, 0) is 6.54 Å². The summed E-state index contributed by atoms with van der Waals surface area (Å²) in [4.78, 5) is 25.1. The van der Waals surface area contributed by atoms with Crippen molar-refractivity contribution in [2.75, 3.05) is 0 Å². The number of rotatable bonds is 5. The minimum atomic E-state index is -0.737. The quantitative estimate of drug-likeness (QED) is 0.671. The van der Waals surface area contributed by atoms with E-state index in [0.717, 1.165) is 4.79 Å². The molecule has 0 aliphatic heterocycles. The molecule has 26 heavy (non-hydrogen) atoms. The lowest BCUT2D eigenvalue weighted by molar-refractivity contribution is 0.0944. The summed E-state index contributed by atoms with van der Waals surface area (Å²) in [5, 5.41) is 12.8. The lowest BCUT2D eigenvalue weighted by atomic mass is 10.2. The average Bonchev–Trinajstić information content (AvgIpc) is 3.01. The highest BCUT2D eigenvalue weighted by molar-refractivity contribution is 6.33. The van der Waals surface area contributed by atoms with E-state index < -0.39 is 17.3 Å².